The fraction of sp³-hybridized carbons (Fsp3) is 0.562. The van der Waals surface area contributed by atoms with Crippen LogP contribution in [0.4, 0.5) is 4.39 Å². The maximum Gasteiger partial charge on any atom is 0.260 e. The van der Waals surface area contributed by atoms with Crippen LogP contribution in [0.15, 0.2) is 18.2 Å². The molecule has 2 N–H and O–H groups in total. The Labute approximate surface area is 140 Å². The molecule has 128 valence electrons. The topological polar surface area (TPSA) is 64.8 Å². The van der Waals surface area contributed by atoms with E-state index in [1.165, 1.54) is 12.1 Å². The Morgan fingerprint density at radius 1 is 1.39 bits per heavy atom. The molecule has 1 aromatic rings. The lowest BCUT2D eigenvalue weighted by Crippen LogP contribution is -2.43. The molecule has 0 atom stereocenters. The van der Waals surface area contributed by atoms with Gasteiger partial charge in [-0.2, -0.15) is 0 Å². The van der Waals surface area contributed by atoms with E-state index in [2.05, 4.69) is 0 Å². The Kier molecular flexibility index (Phi) is 7.08. The molecule has 7 heteroatoms. The van der Waals surface area contributed by atoms with Gasteiger partial charge in [0.2, 0.25) is 0 Å². The molecular weight excluding hydrogens is 323 g/mol. The molecule has 0 radical (unpaired) electrons. The van der Waals surface area contributed by atoms with Crippen molar-refractivity contribution in [1.29, 1.82) is 0 Å². The standard InChI is InChI=1S/C16H22ClFN2O3/c17-14-10-12(18)2-3-15(14)23-11-16(21)20-7-4-13(5-8-20)22-9-1-6-19/h2-3,10,13H,1,4-9,11,19H2. The van der Waals surface area contributed by atoms with E-state index in [-0.39, 0.29) is 23.6 Å². The van der Waals surface area contributed by atoms with Crippen LogP contribution < -0.4 is 10.5 Å². The Morgan fingerprint density at radius 2 is 2.13 bits per heavy atom. The van der Waals surface area contributed by atoms with Crippen molar-refractivity contribution >= 4 is 17.5 Å². The second kappa shape index (κ2) is 9.05. The Balaban J connectivity index is 1.72. The Hall–Kier alpha value is -1.37. The summed E-state index contributed by atoms with van der Waals surface area (Å²) in [4.78, 5) is 13.9. The van der Waals surface area contributed by atoms with Crippen molar-refractivity contribution in [2.75, 3.05) is 32.8 Å². The van der Waals surface area contributed by atoms with Gasteiger partial charge in [0.15, 0.2) is 6.61 Å². The van der Waals surface area contributed by atoms with Gasteiger partial charge in [-0.3, -0.25) is 4.79 Å². The zero-order chi connectivity index (χ0) is 16.7. The molecule has 1 amide bonds. The third-order valence-corrected chi connectivity index (χ3v) is 4.04. The second-order valence-corrected chi connectivity index (χ2v) is 5.86. The van der Waals surface area contributed by atoms with E-state index in [0.29, 0.717) is 32.0 Å². The number of carbonyl (C=O) groups excluding carboxylic acids is 1. The zero-order valence-corrected chi connectivity index (χ0v) is 13.7. The summed E-state index contributed by atoms with van der Waals surface area (Å²) in [6, 6.07) is 3.82. The highest BCUT2D eigenvalue weighted by Gasteiger charge is 2.23. The van der Waals surface area contributed by atoms with Gasteiger partial charge in [-0.1, -0.05) is 11.6 Å². The van der Waals surface area contributed by atoms with Crippen LogP contribution in [-0.4, -0.2) is 49.8 Å². The number of benzene rings is 1. The number of piperidine rings is 1. The molecule has 1 heterocycles. The van der Waals surface area contributed by atoms with E-state index in [0.717, 1.165) is 25.3 Å². The fourth-order valence-electron chi connectivity index (χ4n) is 2.43. The lowest BCUT2D eigenvalue weighted by molar-refractivity contribution is -0.136. The summed E-state index contributed by atoms with van der Waals surface area (Å²) in [6.45, 7) is 2.48. The highest BCUT2D eigenvalue weighted by molar-refractivity contribution is 6.32. The molecule has 0 saturated carbocycles. The number of carbonyl (C=O) groups is 1. The van der Waals surface area contributed by atoms with Crippen LogP contribution in [0.2, 0.25) is 5.02 Å². The number of hydrogen-bond acceptors (Lipinski definition) is 4. The number of halogens is 2. The minimum Gasteiger partial charge on any atom is -0.482 e. The van der Waals surface area contributed by atoms with Gasteiger partial charge in [-0.25, -0.2) is 4.39 Å². The number of likely N-dealkylation sites (tertiary alicyclic amines) is 1. The van der Waals surface area contributed by atoms with Crippen molar-refractivity contribution in [3.8, 4) is 5.75 Å². The molecule has 1 aliphatic heterocycles. The lowest BCUT2D eigenvalue weighted by atomic mass is 10.1. The molecule has 1 aliphatic rings. The summed E-state index contributed by atoms with van der Waals surface area (Å²) in [5.41, 5.74) is 5.43. The molecule has 5 nitrogen and oxygen atoms in total. The van der Waals surface area contributed by atoms with Crippen molar-refractivity contribution in [3.05, 3.63) is 29.0 Å². The van der Waals surface area contributed by atoms with Crippen molar-refractivity contribution in [3.63, 3.8) is 0 Å². The summed E-state index contributed by atoms with van der Waals surface area (Å²) in [5.74, 6) is -0.238. The molecule has 1 fully saturated rings. The summed E-state index contributed by atoms with van der Waals surface area (Å²) in [6.07, 6.45) is 2.67. The molecule has 0 unspecified atom stereocenters. The minimum atomic E-state index is -0.439. The van der Waals surface area contributed by atoms with E-state index in [9.17, 15) is 9.18 Å². The number of nitrogens with two attached hydrogens (primary N) is 1. The maximum absolute atomic E-state index is 13.0. The summed E-state index contributed by atoms with van der Waals surface area (Å²) >= 11 is 5.86. The average Bonchev–Trinajstić information content (AvgIpc) is 2.55. The van der Waals surface area contributed by atoms with Crippen molar-refractivity contribution in [2.24, 2.45) is 5.73 Å². The van der Waals surface area contributed by atoms with Gasteiger partial charge in [0.05, 0.1) is 11.1 Å². The molecule has 0 aromatic heterocycles. The summed E-state index contributed by atoms with van der Waals surface area (Å²) in [5, 5.41) is 0.157. The van der Waals surface area contributed by atoms with Gasteiger partial charge >= 0.3 is 0 Å². The summed E-state index contributed by atoms with van der Waals surface area (Å²) in [7, 11) is 0. The number of nitrogens with zero attached hydrogens (tertiary/aromatic N) is 1. The van der Waals surface area contributed by atoms with Gasteiger partial charge in [-0.15, -0.1) is 0 Å². The van der Waals surface area contributed by atoms with Gasteiger partial charge < -0.3 is 20.1 Å². The third-order valence-electron chi connectivity index (χ3n) is 3.74. The number of rotatable bonds is 7. The average molecular weight is 345 g/mol. The normalized spacial score (nSPS) is 15.7. The largest absolute Gasteiger partial charge is 0.482 e. The molecular formula is C16H22ClFN2O3. The van der Waals surface area contributed by atoms with Crippen LogP contribution in [0.25, 0.3) is 0 Å². The summed E-state index contributed by atoms with van der Waals surface area (Å²) < 4.78 is 24.0. The van der Waals surface area contributed by atoms with E-state index in [1.807, 2.05) is 0 Å². The van der Waals surface area contributed by atoms with Crippen LogP contribution in [0.5, 0.6) is 5.75 Å². The Morgan fingerprint density at radius 3 is 2.78 bits per heavy atom. The quantitative estimate of drug-likeness (QED) is 0.770. The predicted octanol–water partition coefficient (Wildman–Crippen LogP) is 2.21. The Bertz CT molecular complexity index is 522. The lowest BCUT2D eigenvalue weighted by Gasteiger charge is -2.32. The molecule has 23 heavy (non-hydrogen) atoms. The van der Waals surface area contributed by atoms with E-state index in [4.69, 9.17) is 26.8 Å². The first-order chi connectivity index (χ1) is 11.1. The molecule has 0 aliphatic carbocycles. The molecule has 2 rings (SSSR count). The molecule has 0 spiro atoms. The zero-order valence-electron chi connectivity index (χ0n) is 13.0. The van der Waals surface area contributed by atoms with Gasteiger partial charge in [-0.05, 0) is 44.0 Å². The highest BCUT2D eigenvalue weighted by Crippen LogP contribution is 2.25. The van der Waals surface area contributed by atoms with E-state index >= 15 is 0 Å². The smallest absolute Gasteiger partial charge is 0.260 e. The first-order valence-corrected chi connectivity index (χ1v) is 8.15. The molecule has 1 aromatic carbocycles. The highest BCUT2D eigenvalue weighted by atomic mass is 35.5. The number of hydrogen-bond donors (Lipinski definition) is 1. The van der Waals surface area contributed by atoms with Gasteiger partial charge in [0.25, 0.3) is 5.91 Å². The maximum atomic E-state index is 13.0. The SMILES string of the molecule is NCCCOC1CCN(C(=O)COc2ccc(F)cc2Cl)CC1. The monoisotopic (exact) mass is 344 g/mol. The first-order valence-electron chi connectivity index (χ1n) is 7.77. The van der Waals surface area contributed by atoms with Crippen LogP contribution in [-0.2, 0) is 9.53 Å². The van der Waals surface area contributed by atoms with Gasteiger partial charge in [0.1, 0.15) is 11.6 Å². The van der Waals surface area contributed by atoms with Gasteiger partial charge in [0, 0.05) is 19.7 Å². The van der Waals surface area contributed by atoms with Crippen molar-refractivity contribution < 1.29 is 18.7 Å². The van der Waals surface area contributed by atoms with E-state index in [1.54, 1.807) is 4.90 Å². The van der Waals surface area contributed by atoms with Crippen LogP contribution in [0.3, 0.4) is 0 Å². The third kappa shape index (κ3) is 5.64. The van der Waals surface area contributed by atoms with E-state index < -0.39 is 5.82 Å². The van der Waals surface area contributed by atoms with Crippen LogP contribution >= 0.6 is 11.6 Å². The predicted molar refractivity (Wildman–Crippen MR) is 86.1 cm³/mol. The number of amides is 1. The fourth-order valence-corrected chi connectivity index (χ4v) is 2.65. The van der Waals surface area contributed by atoms with Crippen molar-refractivity contribution in [2.45, 2.75) is 25.4 Å². The van der Waals surface area contributed by atoms with Crippen molar-refractivity contribution in [1.82, 2.24) is 4.90 Å². The second-order valence-electron chi connectivity index (χ2n) is 5.46. The molecule has 1 saturated heterocycles. The van der Waals surface area contributed by atoms with Crippen LogP contribution in [0, 0.1) is 5.82 Å². The molecule has 0 bridgehead atoms. The van der Waals surface area contributed by atoms with Crippen LogP contribution in [0.1, 0.15) is 19.3 Å². The number of ether oxygens (including phenoxy) is 2. The first kappa shape index (κ1) is 18.0. The minimum absolute atomic E-state index is 0.106.